The minimum Gasteiger partial charge on any atom is -0.389 e. The molecule has 1 aromatic carbocycles. The molecule has 0 aromatic heterocycles. The monoisotopic (exact) mass is 341 g/mol. The molecule has 3 N–H and O–H groups in total. The Balaban J connectivity index is 2.13. The van der Waals surface area contributed by atoms with E-state index in [0.717, 1.165) is 35.1 Å². The molecule has 2 rings (SSSR count). The van der Waals surface area contributed by atoms with Crippen molar-refractivity contribution in [3.8, 4) is 0 Å². The third-order valence-electron chi connectivity index (χ3n) is 3.82. The average molecular weight is 342 g/mol. The Morgan fingerprint density at radius 3 is 2.89 bits per heavy atom. The van der Waals surface area contributed by atoms with Crippen LogP contribution < -0.4 is 11.1 Å². The van der Waals surface area contributed by atoms with Gasteiger partial charge in [-0.25, -0.2) is 0 Å². The van der Waals surface area contributed by atoms with Gasteiger partial charge < -0.3 is 16.0 Å². The number of benzene rings is 1. The number of rotatable bonds is 3. The van der Waals surface area contributed by atoms with E-state index in [1.165, 1.54) is 0 Å². The van der Waals surface area contributed by atoms with Crippen LogP contribution >= 0.6 is 28.1 Å². The summed E-state index contributed by atoms with van der Waals surface area (Å²) in [7, 11) is 2.18. The quantitative estimate of drug-likeness (QED) is 0.829. The SMILES string of the molecule is CC1CC(Nc2ccc(Br)cc2C(N)=S)CCN1C. The predicted molar refractivity (Wildman–Crippen MR) is 88.8 cm³/mol. The van der Waals surface area contributed by atoms with Crippen molar-refractivity contribution in [2.75, 3.05) is 18.9 Å². The van der Waals surface area contributed by atoms with Crippen molar-refractivity contribution in [3.05, 3.63) is 28.2 Å². The fourth-order valence-electron chi connectivity index (χ4n) is 2.49. The molecule has 1 aliphatic rings. The summed E-state index contributed by atoms with van der Waals surface area (Å²) in [4.78, 5) is 2.83. The number of hydrogen-bond acceptors (Lipinski definition) is 3. The topological polar surface area (TPSA) is 41.3 Å². The molecule has 1 aliphatic heterocycles. The first-order valence-corrected chi connectivity index (χ1v) is 7.73. The molecule has 2 unspecified atom stereocenters. The molecule has 1 heterocycles. The lowest BCUT2D eigenvalue weighted by Crippen LogP contribution is -2.42. The van der Waals surface area contributed by atoms with Gasteiger partial charge in [0.1, 0.15) is 4.99 Å². The molecular weight excluding hydrogens is 322 g/mol. The van der Waals surface area contributed by atoms with Gasteiger partial charge in [-0.2, -0.15) is 0 Å². The summed E-state index contributed by atoms with van der Waals surface area (Å²) in [5.74, 6) is 0. The average Bonchev–Trinajstić information content (AvgIpc) is 2.36. The van der Waals surface area contributed by atoms with Gasteiger partial charge in [0.25, 0.3) is 0 Å². The molecule has 0 saturated carbocycles. The second-order valence-corrected chi connectivity index (χ2v) is 6.60. The smallest absolute Gasteiger partial charge is 0.106 e. The predicted octanol–water partition coefficient (Wildman–Crippen LogP) is 2.98. The summed E-state index contributed by atoms with van der Waals surface area (Å²) in [6, 6.07) is 7.13. The minimum atomic E-state index is 0.435. The number of piperidine rings is 1. The van der Waals surface area contributed by atoms with Crippen LogP contribution in [0, 0.1) is 0 Å². The molecule has 1 saturated heterocycles. The highest BCUT2D eigenvalue weighted by atomic mass is 79.9. The molecule has 0 amide bonds. The van der Waals surface area contributed by atoms with Crippen molar-refractivity contribution >= 4 is 38.8 Å². The number of likely N-dealkylation sites (tertiary alicyclic amines) is 1. The lowest BCUT2D eigenvalue weighted by atomic mass is 9.98. The van der Waals surface area contributed by atoms with Crippen LogP contribution in [0.15, 0.2) is 22.7 Å². The number of halogens is 1. The van der Waals surface area contributed by atoms with Crippen LogP contribution in [0.25, 0.3) is 0 Å². The summed E-state index contributed by atoms with van der Waals surface area (Å²) in [6.45, 7) is 3.39. The van der Waals surface area contributed by atoms with E-state index in [1.54, 1.807) is 0 Å². The Bertz CT molecular complexity index is 478. The zero-order chi connectivity index (χ0) is 14.0. The fraction of sp³-hybridized carbons (Fsp3) is 0.500. The van der Waals surface area contributed by atoms with Gasteiger partial charge in [0.2, 0.25) is 0 Å². The van der Waals surface area contributed by atoms with E-state index < -0.39 is 0 Å². The Kier molecular flexibility index (Phi) is 4.81. The summed E-state index contributed by atoms with van der Waals surface area (Å²) < 4.78 is 0.998. The van der Waals surface area contributed by atoms with Crippen LogP contribution in [0.5, 0.6) is 0 Å². The van der Waals surface area contributed by atoms with E-state index in [9.17, 15) is 0 Å². The summed E-state index contributed by atoms with van der Waals surface area (Å²) in [5, 5.41) is 3.59. The Morgan fingerprint density at radius 2 is 2.26 bits per heavy atom. The maximum Gasteiger partial charge on any atom is 0.106 e. The number of nitrogens with one attached hydrogen (secondary N) is 1. The zero-order valence-corrected chi connectivity index (χ0v) is 13.7. The maximum absolute atomic E-state index is 5.80. The van der Waals surface area contributed by atoms with Crippen molar-refractivity contribution < 1.29 is 0 Å². The molecule has 1 aromatic rings. The summed E-state index contributed by atoms with van der Waals surface area (Å²) in [6.07, 6.45) is 2.29. The molecule has 5 heteroatoms. The second kappa shape index (κ2) is 6.20. The Labute approximate surface area is 128 Å². The van der Waals surface area contributed by atoms with Crippen LogP contribution in [0.1, 0.15) is 25.3 Å². The lowest BCUT2D eigenvalue weighted by Gasteiger charge is -2.36. The van der Waals surface area contributed by atoms with Gasteiger partial charge in [-0.1, -0.05) is 28.1 Å². The molecule has 104 valence electrons. The molecule has 0 aliphatic carbocycles. The standard InChI is InChI=1S/C14H20BrN3S/c1-9-7-11(5-6-18(9)2)17-13-4-3-10(15)8-12(13)14(16)19/h3-4,8-9,11,17H,5-7H2,1-2H3,(H2,16,19). The van der Waals surface area contributed by atoms with Crippen molar-refractivity contribution in [1.82, 2.24) is 4.90 Å². The van der Waals surface area contributed by atoms with Crippen LogP contribution in [-0.4, -0.2) is 35.6 Å². The summed E-state index contributed by atoms with van der Waals surface area (Å²) in [5.41, 5.74) is 7.75. The summed E-state index contributed by atoms with van der Waals surface area (Å²) >= 11 is 8.59. The highest BCUT2D eigenvalue weighted by molar-refractivity contribution is 9.10. The molecule has 2 atom stereocenters. The lowest BCUT2D eigenvalue weighted by molar-refractivity contribution is 0.190. The minimum absolute atomic E-state index is 0.435. The number of anilines is 1. The number of hydrogen-bond donors (Lipinski definition) is 2. The van der Waals surface area contributed by atoms with Gasteiger partial charge in [0.15, 0.2) is 0 Å². The molecule has 0 bridgehead atoms. The van der Waals surface area contributed by atoms with Gasteiger partial charge in [-0.05, 0) is 45.0 Å². The maximum atomic E-state index is 5.80. The third kappa shape index (κ3) is 3.68. The van der Waals surface area contributed by atoms with E-state index in [1.807, 2.05) is 18.2 Å². The van der Waals surface area contributed by atoms with Crippen molar-refractivity contribution in [2.45, 2.75) is 31.8 Å². The number of nitrogens with two attached hydrogens (primary N) is 1. The largest absolute Gasteiger partial charge is 0.389 e. The van der Waals surface area contributed by atoms with E-state index >= 15 is 0 Å². The molecule has 0 spiro atoms. The van der Waals surface area contributed by atoms with E-state index in [-0.39, 0.29) is 0 Å². The molecular formula is C14H20BrN3S. The number of thiocarbonyl (C=S) groups is 1. The van der Waals surface area contributed by atoms with Gasteiger partial charge in [0.05, 0.1) is 0 Å². The van der Waals surface area contributed by atoms with E-state index in [2.05, 4.69) is 40.1 Å². The van der Waals surface area contributed by atoms with Gasteiger partial charge in [0, 0.05) is 34.4 Å². The molecule has 19 heavy (non-hydrogen) atoms. The van der Waals surface area contributed by atoms with Crippen LogP contribution in [-0.2, 0) is 0 Å². The van der Waals surface area contributed by atoms with Gasteiger partial charge in [-0.15, -0.1) is 0 Å². The first kappa shape index (κ1) is 14.8. The highest BCUT2D eigenvalue weighted by Gasteiger charge is 2.23. The van der Waals surface area contributed by atoms with Crippen molar-refractivity contribution in [1.29, 1.82) is 0 Å². The van der Waals surface area contributed by atoms with Gasteiger partial charge in [-0.3, -0.25) is 0 Å². The second-order valence-electron chi connectivity index (χ2n) is 5.25. The van der Waals surface area contributed by atoms with Crippen LogP contribution in [0.4, 0.5) is 5.69 Å². The molecule has 0 radical (unpaired) electrons. The number of nitrogens with zero attached hydrogens (tertiary/aromatic N) is 1. The van der Waals surface area contributed by atoms with E-state index in [0.29, 0.717) is 17.1 Å². The Hall–Kier alpha value is -0.650. The van der Waals surface area contributed by atoms with Gasteiger partial charge >= 0.3 is 0 Å². The van der Waals surface area contributed by atoms with E-state index in [4.69, 9.17) is 18.0 Å². The Morgan fingerprint density at radius 1 is 1.53 bits per heavy atom. The fourth-order valence-corrected chi connectivity index (χ4v) is 3.02. The third-order valence-corrected chi connectivity index (χ3v) is 4.53. The first-order valence-electron chi connectivity index (χ1n) is 6.53. The molecule has 1 fully saturated rings. The first-order chi connectivity index (χ1) is 8.97. The highest BCUT2D eigenvalue weighted by Crippen LogP contribution is 2.25. The van der Waals surface area contributed by atoms with Crippen LogP contribution in [0.2, 0.25) is 0 Å². The van der Waals surface area contributed by atoms with Crippen molar-refractivity contribution in [3.63, 3.8) is 0 Å². The van der Waals surface area contributed by atoms with Crippen LogP contribution in [0.3, 0.4) is 0 Å². The van der Waals surface area contributed by atoms with Crippen molar-refractivity contribution in [2.24, 2.45) is 5.73 Å². The normalized spacial score (nSPS) is 24.2. The molecule has 3 nitrogen and oxygen atoms in total. The zero-order valence-electron chi connectivity index (χ0n) is 11.3.